The van der Waals surface area contributed by atoms with Gasteiger partial charge in [-0.2, -0.15) is 0 Å². The lowest BCUT2D eigenvalue weighted by Gasteiger charge is -2.35. The monoisotopic (exact) mass is 388 g/mol. The summed E-state index contributed by atoms with van der Waals surface area (Å²) in [6, 6.07) is 5.56. The molecule has 1 aromatic rings. The van der Waals surface area contributed by atoms with Crippen molar-refractivity contribution in [3.05, 3.63) is 18.2 Å². The van der Waals surface area contributed by atoms with Crippen LogP contribution in [0.2, 0.25) is 0 Å². The average molecular weight is 389 g/mol. The predicted molar refractivity (Wildman–Crippen MR) is 109 cm³/mol. The number of fused-ring (bicyclic) bond motifs is 1. The quantitative estimate of drug-likeness (QED) is 0.764. The second-order valence-corrected chi connectivity index (χ2v) is 7.89. The summed E-state index contributed by atoms with van der Waals surface area (Å²) < 4.78 is 11.1. The molecule has 1 aromatic carbocycles. The Morgan fingerprint density at radius 1 is 0.821 bits per heavy atom. The van der Waals surface area contributed by atoms with E-state index >= 15 is 0 Å². The Bertz CT molecular complexity index is 655. The number of carbonyl (C=O) groups is 1. The third-order valence-electron chi connectivity index (χ3n) is 5.88. The van der Waals surface area contributed by atoms with Crippen molar-refractivity contribution in [2.24, 2.45) is 0 Å². The van der Waals surface area contributed by atoms with E-state index in [0.29, 0.717) is 25.4 Å². The van der Waals surface area contributed by atoms with Crippen LogP contribution in [0.25, 0.3) is 0 Å². The Hall–Kier alpha value is -1.83. The molecular formula is C21H32N4O3. The second-order valence-electron chi connectivity index (χ2n) is 7.89. The van der Waals surface area contributed by atoms with Crippen molar-refractivity contribution in [1.82, 2.24) is 14.7 Å². The summed E-state index contributed by atoms with van der Waals surface area (Å²) in [6.07, 6.45) is 3.24. The van der Waals surface area contributed by atoms with Crippen LogP contribution >= 0.6 is 0 Å². The van der Waals surface area contributed by atoms with E-state index in [2.05, 4.69) is 20.0 Å². The molecule has 0 radical (unpaired) electrons. The van der Waals surface area contributed by atoms with E-state index in [1.165, 1.54) is 39.0 Å². The second kappa shape index (κ2) is 9.58. The van der Waals surface area contributed by atoms with Crippen LogP contribution in [0.1, 0.15) is 19.3 Å². The average Bonchev–Trinajstić information content (AvgIpc) is 3.25. The molecule has 2 saturated heterocycles. The maximum absolute atomic E-state index is 12.3. The zero-order valence-electron chi connectivity index (χ0n) is 16.7. The van der Waals surface area contributed by atoms with Gasteiger partial charge in [0.25, 0.3) is 0 Å². The van der Waals surface area contributed by atoms with Gasteiger partial charge in [-0.05, 0) is 38.1 Å². The number of ether oxygens (including phenoxy) is 2. The lowest BCUT2D eigenvalue weighted by atomic mass is 10.2. The van der Waals surface area contributed by atoms with E-state index in [4.69, 9.17) is 9.47 Å². The van der Waals surface area contributed by atoms with Crippen LogP contribution in [0, 0.1) is 0 Å². The van der Waals surface area contributed by atoms with Gasteiger partial charge in [0.2, 0.25) is 5.91 Å². The Labute approximate surface area is 167 Å². The van der Waals surface area contributed by atoms with Crippen LogP contribution in [-0.4, -0.2) is 92.7 Å². The van der Waals surface area contributed by atoms with E-state index in [0.717, 1.165) is 44.2 Å². The fourth-order valence-electron chi connectivity index (χ4n) is 4.13. The summed E-state index contributed by atoms with van der Waals surface area (Å²) in [6.45, 7) is 11.2. The zero-order chi connectivity index (χ0) is 19.2. The Morgan fingerprint density at radius 3 is 2.14 bits per heavy atom. The van der Waals surface area contributed by atoms with Gasteiger partial charge in [0.05, 0.1) is 0 Å². The van der Waals surface area contributed by atoms with E-state index < -0.39 is 0 Å². The third-order valence-corrected chi connectivity index (χ3v) is 5.88. The molecule has 4 rings (SSSR count). The maximum atomic E-state index is 12.3. The molecule has 0 spiro atoms. The summed E-state index contributed by atoms with van der Waals surface area (Å²) in [5.74, 6) is 1.49. The maximum Gasteiger partial charge on any atom is 0.225 e. The molecule has 1 N–H and O–H groups in total. The van der Waals surface area contributed by atoms with Crippen LogP contribution in [0.3, 0.4) is 0 Å². The standard InChI is InChI=1S/C21H32N4O3/c26-21(22-18-3-4-19-20(17-18)28-16-15-27-19)5-8-24-10-13-25(14-11-24)12-9-23-6-1-2-7-23/h3-4,17H,1-2,5-16H2,(H,22,26). The fourth-order valence-corrected chi connectivity index (χ4v) is 4.13. The summed E-state index contributed by atoms with van der Waals surface area (Å²) in [7, 11) is 0. The molecule has 0 aliphatic carbocycles. The topological polar surface area (TPSA) is 57.3 Å². The molecule has 3 heterocycles. The van der Waals surface area contributed by atoms with Gasteiger partial charge in [-0.1, -0.05) is 0 Å². The van der Waals surface area contributed by atoms with Gasteiger partial charge < -0.3 is 24.6 Å². The summed E-state index contributed by atoms with van der Waals surface area (Å²) >= 11 is 0. The van der Waals surface area contributed by atoms with E-state index in [1.54, 1.807) is 0 Å². The first-order chi connectivity index (χ1) is 13.8. The van der Waals surface area contributed by atoms with Crippen molar-refractivity contribution in [3.63, 3.8) is 0 Å². The highest BCUT2D eigenvalue weighted by molar-refractivity contribution is 5.91. The minimum absolute atomic E-state index is 0.0492. The first kappa shape index (κ1) is 19.5. The number of hydrogen-bond donors (Lipinski definition) is 1. The van der Waals surface area contributed by atoms with Gasteiger partial charge in [-0.15, -0.1) is 0 Å². The molecule has 0 bridgehead atoms. The van der Waals surface area contributed by atoms with Crippen molar-refractivity contribution in [1.29, 1.82) is 0 Å². The number of carbonyl (C=O) groups excluding carboxylic acids is 1. The van der Waals surface area contributed by atoms with Crippen molar-refractivity contribution < 1.29 is 14.3 Å². The highest BCUT2D eigenvalue weighted by Gasteiger charge is 2.19. The first-order valence-electron chi connectivity index (χ1n) is 10.6. The Morgan fingerprint density at radius 2 is 1.43 bits per heavy atom. The van der Waals surface area contributed by atoms with Crippen molar-refractivity contribution in [2.45, 2.75) is 19.3 Å². The fraction of sp³-hybridized carbons (Fsp3) is 0.667. The van der Waals surface area contributed by atoms with Gasteiger partial charge in [0.1, 0.15) is 13.2 Å². The van der Waals surface area contributed by atoms with Gasteiger partial charge in [0, 0.05) is 64.0 Å². The van der Waals surface area contributed by atoms with E-state index in [1.807, 2.05) is 18.2 Å². The lowest BCUT2D eigenvalue weighted by Crippen LogP contribution is -2.48. The zero-order valence-corrected chi connectivity index (χ0v) is 16.7. The number of likely N-dealkylation sites (tertiary alicyclic amines) is 1. The van der Waals surface area contributed by atoms with E-state index in [-0.39, 0.29) is 5.91 Å². The molecular weight excluding hydrogens is 356 g/mol. The summed E-state index contributed by atoms with van der Waals surface area (Å²) in [4.78, 5) is 19.8. The highest BCUT2D eigenvalue weighted by Crippen LogP contribution is 2.32. The lowest BCUT2D eigenvalue weighted by molar-refractivity contribution is -0.116. The van der Waals surface area contributed by atoms with Crippen LogP contribution in [-0.2, 0) is 4.79 Å². The molecule has 3 aliphatic heterocycles. The summed E-state index contributed by atoms with van der Waals surface area (Å²) in [5, 5.41) is 2.97. The van der Waals surface area contributed by atoms with Crippen LogP contribution in [0.15, 0.2) is 18.2 Å². The largest absolute Gasteiger partial charge is 0.486 e. The number of rotatable bonds is 7. The minimum Gasteiger partial charge on any atom is -0.486 e. The molecule has 28 heavy (non-hydrogen) atoms. The minimum atomic E-state index is 0.0492. The van der Waals surface area contributed by atoms with Crippen molar-refractivity contribution in [2.75, 3.05) is 77.4 Å². The van der Waals surface area contributed by atoms with Gasteiger partial charge in [-0.3, -0.25) is 9.69 Å². The SMILES string of the molecule is O=C(CCN1CCN(CCN2CCCC2)CC1)Nc1ccc2c(c1)OCCO2. The van der Waals surface area contributed by atoms with Gasteiger partial charge in [-0.25, -0.2) is 0 Å². The third kappa shape index (κ3) is 5.37. The molecule has 0 atom stereocenters. The molecule has 1 amide bonds. The number of anilines is 1. The molecule has 7 nitrogen and oxygen atoms in total. The number of benzene rings is 1. The van der Waals surface area contributed by atoms with Crippen molar-refractivity contribution in [3.8, 4) is 11.5 Å². The molecule has 7 heteroatoms. The van der Waals surface area contributed by atoms with Gasteiger partial charge >= 0.3 is 0 Å². The van der Waals surface area contributed by atoms with Gasteiger partial charge in [0.15, 0.2) is 11.5 Å². The normalized spacial score (nSPS) is 21.0. The van der Waals surface area contributed by atoms with Crippen LogP contribution < -0.4 is 14.8 Å². The number of piperazine rings is 1. The van der Waals surface area contributed by atoms with Crippen LogP contribution in [0.4, 0.5) is 5.69 Å². The molecule has 0 aromatic heterocycles. The molecule has 0 unspecified atom stereocenters. The number of nitrogens with zero attached hydrogens (tertiary/aromatic N) is 3. The number of nitrogens with one attached hydrogen (secondary N) is 1. The molecule has 3 aliphatic rings. The molecule has 0 saturated carbocycles. The molecule has 154 valence electrons. The Kier molecular flexibility index (Phi) is 6.67. The van der Waals surface area contributed by atoms with Crippen LogP contribution in [0.5, 0.6) is 11.5 Å². The van der Waals surface area contributed by atoms with Crippen molar-refractivity contribution >= 4 is 11.6 Å². The number of amides is 1. The highest BCUT2D eigenvalue weighted by atomic mass is 16.6. The number of hydrogen-bond acceptors (Lipinski definition) is 6. The van der Waals surface area contributed by atoms with E-state index in [9.17, 15) is 4.79 Å². The Balaban J connectivity index is 1.13. The summed E-state index contributed by atoms with van der Waals surface area (Å²) in [5.41, 5.74) is 0.765. The first-order valence-corrected chi connectivity index (χ1v) is 10.6. The smallest absolute Gasteiger partial charge is 0.225 e. The molecule has 2 fully saturated rings. The predicted octanol–water partition coefficient (Wildman–Crippen LogP) is 1.50.